The monoisotopic (exact) mass is 298 g/mol. The smallest absolute Gasteiger partial charge is 0.257 e. The predicted molar refractivity (Wildman–Crippen MR) is 73.3 cm³/mol. The molecule has 0 saturated carbocycles. The molecule has 1 amide bonds. The average molecular weight is 299 g/mol. The highest BCUT2D eigenvalue weighted by atomic mass is 35.5. The van der Waals surface area contributed by atoms with Crippen LogP contribution in [0.3, 0.4) is 0 Å². The van der Waals surface area contributed by atoms with E-state index in [9.17, 15) is 9.18 Å². The maximum absolute atomic E-state index is 12.7. The number of carbonyl (C=O) groups is 1. The SMILES string of the molecule is Cc1ccc(Cl)c(NC(=O)c2ccc(F)nc2)c1Cl. The first-order chi connectivity index (χ1) is 8.99. The lowest BCUT2D eigenvalue weighted by Gasteiger charge is -2.10. The molecule has 0 spiro atoms. The number of pyridine rings is 1. The summed E-state index contributed by atoms with van der Waals surface area (Å²) in [7, 11) is 0. The van der Waals surface area contributed by atoms with Gasteiger partial charge >= 0.3 is 0 Å². The fraction of sp³-hybridized carbons (Fsp3) is 0.0769. The highest BCUT2D eigenvalue weighted by Crippen LogP contribution is 2.33. The zero-order valence-corrected chi connectivity index (χ0v) is 11.4. The molecule has 2 rings (SSSR count). The van der Waals surface area contributed by atoms with Crippen LogP contribution in [0.2, 0.25) is 10.0 Å². The number of hydrogen-bond acceptors (Lipinski definition) is 2. The zero-order chi connectivity index (χ0) is 14.0. The van der Waals surface area contributed by atoms with E-state index in [1.165, 1.54) is 6.07 Å². The van der Waals surface area contributed by atoms with Gasteiger partial charge in [0.15, 0.2) is 0 Å². The molecule has 6 heteroatoms. The summed E-state index contributed by atoms with van der Waals surface area (Å²) in [6, 6.07) is 5.82. The minimum absolute atomic E-state index is 0.218. The van der Waals surface area contributed by atoms with Crippen molar-refractivity contribution >= 4 is 34.8 Å². The van der Waals surface area contributed by atoms with Gasteiger partial charge in [0.2, 0.25) is 5.95 Å². The Morgan fingerprint density at radius 1 is 1.26 bits per heavy atom. The number of carbonyl (C=O) groups excluding carboxylic acids is 1. The van der Waals surface area contributed by atoms with E-state index in [0.717, 1.165) is 17.8 Å². The van der Waals surface area contributed by atoms with Crippen molar-refractivity contribution in [2.45, 2.75) is 6.92 Å². The van der Waals surface area contributed by atoms with Crippen LogP contribution in [0, 0.1) is 12.9 Å². The molecule has 0 aliphatic heterocycles. The van der Waals surface area contributed by atoms with Gasteiger partial charge in [0.05, 0.1) is 21.3 Å². The van der Waals surface area contributed by atoms with Gasteiger partial charge in [-0.2, -0.15) is 4.39 Å². The van der Waals surface area contributed by atoms with Gasteiger partial charge in [-0.1, -0.05) is 29.3 Å². The molecule has 0 saturated heterocycles. The van der Waals surface area contributed by atoms with Crippen molar-refractivity contribution < 1.29 is 9.18 Å². The van der Waals surface area contributed by atoms with Crippen molar-refractivity contribution in [3.8, 4) is 0 Å². The summed E-state index contributed by atoms with van der Waals surface area (Å²) >= 11 is 12.1. The second-order valence-electron chi connectivity index (χ2n) is 3.88. The summed E-state index contributed by atoms with van der Waals surface area (Å²) in [6.07, 6.45) is 1.14. The minimum atomic E-state index is -0.650. The molecular weight excluding hydrogens is 290 g/mol. The van der Waals surface area contributed by atoms with E-state index >= 15 is 0 Å². The normalized spacial score (nSPS) is 10.3. The topological polar surface area (TPSA) is 42.0 Å². The number of halogens is 3. The van der Waals surface area contributed by atoms with Gasteiger partial charge in [0.25, 0.3) is 5.91 Å². The fourth-order valence-corrected chi connectivity index (χ4v) is 1.93. The van der Waals surface area contributed by atoms with Crippen LogP contribution < -0.4 is 5.32 Å². The van der Waals surface area contributed by atoms with Crippen LogP contribution in [0.15, 0.2) is 30.5 Å². The van der Waals surface area contributed by atoms with E-state index in [1.807, 2.05) is 0 Å². The van der Waals surface area contributed by atoms with Gasteiger partial charge in [-0.25, -0.2) is 4.98 Å². The van der Waals surface area contributed by atoms with E-state index in [0.29, 0.717) is 15.7 Å². The molecule has 0 aliphatic carbocycles. The van der Waals surface area contributed by atoms with Gasteiger partial charge in [0, 0.05) is 6.20 Å². The lowest BCUT2D eigenvalue weighted by atomic mass is 10.2. The summed E-state index contributed by atoms with van der Waals surface area (Å²) in [5.74, 6) is -1.11. The molecule has 0 unspecified atom stereocenters. The van der Waals surface area contributed by atoms with E-state index in [1.54, 1.807) is 19.1 Å². The third kappa shape index (κ3) is 3.03. The largest absolute Gasteiger partial charge is 0.319 e. The molecule has 0 atom stereocenters. The van der Waals surface area contributed by atoms with Gasteiger partial charge in [0.1, 0.15) is 0 Å². The Balaban J connectivity index is 2.29. The summed E-state index contributed by atoms with van der Waals surface area (Å²) in [5.41, 5.74) is 1.34. The maximum Gasteiger partial charge on any atom is 0.257 e. The Kier molecular flexibility index (Phi) is 4.02. The number of aryl methyl sites for hydroxylation is 1. The fourth-order valence-electron chi connectivity index (χ4n) is 1.47. The van der Waals surface area contributed by atoms with E-state index in [-0.39, 0.29) is 5.56 Å². The number of anilines is 1. The first-order valence-electron chi connectivity index (χ1n) is 5.36. The Morgan fingerprint density at radius 2 is 2.00 bits per heavy atom. The van der Waals surface area contributed by atoms with Crippen LogP contribution in [0.4, 0.5) is 10.1 Å². The van der Waals surface area contributed by atoms with Gasteiger partial charge in [-0.3, -0.25) is 4.79 Å². The van der Waals surface area contributed by atoms with Crippen LogP contribution in [-0.2, 0) is 0 Å². The summed E-state index contributed by atoms with van der Waals surface area (Å²) < 4.78 is 12.7. The first kappa shape index (κ1) is 13.8. The van der Waals surface area contributed by atoms with Crippen molar-refractivity contribution in [2.24, 2.45) is 0 Å². The van der Waals surface area contributed by atoms with Gasteiger partial charge in [-0.15, -0.1) is 0 Å². The predicted octanol–water partition coefficient (Wildman–Crippen LogP) is 4.09. The number of hydrogen-bond donors (Lipinski definition) is 1. The highest BCUT2D eigenvalue weighted by molar-refractivity contribution is 6.40. The molecule has 1 N–H and O–H groups in total. The van der Waals surface area contributed by atoms with Crippen LogP contribution in [0.1, 0.15) is 15.9 Å². The number of rotatable bonds is 2. The summed E-state index contributed by atoms with van der Waals surface area (Å²) in [6.45, 7) is 1.80. The molecule has 1 aromatic heterocycles. The second-order valence-corrected chi connectivity index (χ2v) is 4.66. The number of amides is 1. The molecule has 2 aromatic rings. The molecule has 1 heterocycles. The molecular formula is C13H9Cl2FN2O. The number of benzene rings is 1. The van der Waals surface area contributed by atoms with E-state index < -0.39 is 11.9 Å². The molecule has 0 radical (unpaired) electrons. The molecule has 19 heavy (non-hydrogen) atoms. The summed E-state index contributed by atoms with van der Waals surface area (Å²) in [5, 5.41) is 3.29. The van der Waals surface area contributed by atoms with E-state index in [2.05, 4.69) is 10.3 Å². The second kappa shape index (κ2) is 5.55. The third-order valence-corrected chi connectivity index (χ3v) is 3.31. The number of aromatic nitrogens is 1. The number of nitrogens with zero attached hydrogens (tertiary/aromatic N) is 1. The molecule has 3 nitrogen and oxygen atoms in total. The van der Waals surface area contributed by atoms with Crippen molar-refractivity contribution in [3.63, 3.8) is 0 Å². The standard InChI is InChI=1S/C13H9Cl2FN2O/c1-7-2-4-9(14)12(11(7)15)18-13(19)8-3-5-10(16)17-6-8/h2-6H,1H3,(H,18,19). The van der Waals surface area contributed by atoms with Crippen molar-refractivity contribution in [1.82, 2.24) is 4.98 Å². The lowest BCUT2D eigenvalue weighted by molar-refractivity contribution is 0.102. The lowest BCUT2D eigenvalue weighted by Crippen LogP contribution is -2.13. The molecule has 98 valence electrons. The van der Waals surface area contributed by atoms with Crippen LogP contribution in [-0.4, -0.2) is 10.9 Å². The van der Waals surface area contributed by atoms with Gasteiger partial charge in [-0.05, 0) is 30.7 Å². The van der Waals surface area contributed by atoms with E-state index in [4.69, 9.17) is 23.2 Å². The van der Waals surface area contributed by atoms with Crippen LogP contribution in [0.25, 0.3) is 0 Å². The Hall–Kier alpha value is -1.65. The number of nitrogens with one attached hydrogen (secondary N) is 1. The Labute approximate surface area is 119 Å². The van der Waals surface area contributed by atoms with Gasteiger partial charge < -0.3 is 5.32 Å². The molecule has 1 aromatic carbocycles. The van der Waals surface area contributed by atoms with Crippen LogP contribution in [0.5, 0.6) is 0 Å². The van der Waals surface area contributed by atoms with Crippen LogP contribution >= 0.6 is 23.2 Å². The third-order valence-electron chi connectivity index (χ3n) is 2.51. The highest BCUT2D eigenvalue weighted by Gasteiger charge is 2.13. The Bertz CT molecular complexity index is 629. The van der Waals surface area contributed by atoms with Crippen molar-refractivity contribution in [1.29, 1.82) is 0 Å². The molecule has 0 bridgehead atoms. The molecule has 0 aliphatic rings. The quantitative estimate of drug-likeness (QED) is 0.849. The average Bonchev–Trinajstić information content (AvgIpc) is 2.40. The first-order valence-corrected chi connectivity index (χ1v) is 6.12. The summed E-state index contributed by atoms with van der Waals surface area (Å²) in [4.78, 5) is 15.4. The van der Waals surface area contributed by atoms with Crippen molar-refractivity contribution in [2.75, 3.05) is 5.32 Å². The maximum atomic E-state index is 12.7. The Morgan fingerprint density at radius 3 is 2.63 bits per heavy atom. The minimum Gasteiger partial charge on any atom is -0.319 e. The molecule has 0 fully saturated rings. The van der Waals surface area contributed by atoms with Crippen molar-refractivity contribution in [3.05, 3.63) is 57.6 Å². The zero-order valence-electron chi connectivity index (χ0n) is 9.88.